The largest absolute Gasteiger partial charge is 0.467 e. The van der Waals surface area contributed by atoms with Crippen LogP contribution in [0.2, 0.25) is 18.1 Å². The number of rotatable bonds is 8. The number of hydrogen-bond donors (Lipinski definition) is 1. The summed E-state index contributed by atoms with van der Waals surface area (Å²) in [4.78, 5) is 12.7. The minimum Gasteiger partial charge on any atom is -0.467 e. The summed E-state index contributed by atoms with van der Waals surface area (Å²) in [7, 11) is -0.954. The molecule has 0 unspecified atom stereocenters. The zero-order valence-electron chi connectivity index (χ0n) is 18.3. The fourth-order valence-corrected chi connectivity index (χ4v) is 4.39. The predicted octanol–water partition coefficient (Wildman–Crippen LogP) is 3.80. The number of carbonyl (C=O) groups excluding carboxylic acids is 1. The Morgan fingerprint density at radius 2 is 1.90 bits per heavy atom. The molecule has 1 aromatic carbocycles. The fourth-order valence-electron chi connectivity index (χ4n) is 2.94. The lowest BCUT2D eigenvalue weighted by molar-refractivity contribution is -0.169. The van der Waals surface area contributed by atoms with Crippen molar-refractivity contribution in [2.45, 2.75) is 69.7 Å². The van der Waals surface area contributed by atoms with Crippen molar-refractivity contribution in [1.29, 1.82) is 0 Å². The highest BCUT2D eigenvalue weighted by atomic mass is 28.4. The Labute approximate surface area is 174 Å². The molecule has 0 fully saturated rings. The smallest absolute Gasteiger partial charge is 0.341 e. The summed E-state index contributed by atoms with van der Waals surface area (Å²) in [6.45, 7) is 10.9. The van der Waals surface area contributed by atoms with Gasteiger partial charge in [0.25, 0.3) is 0 Å². The second kappa shape index (κ2) is 9.53. The quantitative estimate of drug-likeness (QED) is 0.226. The van der Waals surface area contributed by atoms with Gasteiger partial charge in [0.2, 0.25) is 0 Å². The van der Waals surface area contributed by atoms with E-state index in [0.29, 0.717) is 6.61 Å². The summed E-state index contributed by atoms with van der Waals surface area (Å²) in [6.07, 6.45) is 1.85. The van der Waals surface area contributed by atoms with E-state index >= 15 is 0 Å². The normalized spacial score (nSPS) is 25.1. The molecular formula is C22H34O6Si. The topological polar surface area (TPSA) is 74.2 Å². The van der Waals surface area contributed by atoms with E-state index in [0.717, 1.165) is 5.56 Å². The molecule has 1 aliphatic rings. The molecule has 0 saturated carbocycles. The van der Waals surface area contributed by atoms with Crippen molar-refractivity contribution < 1.29 is 28.5 Å². The van der Waals surface area contributed by atoms with Crippen LogP contribution in [-0.2, 0) is 30.0 Å². The highest BCUT2D eigenvalue weighted by Gasteiger charge is 2.51. The van der Waals surface area contributed by atoms with E-state index in [4.69, 9.17) is 18.6 Å². The number of carbonyl (C=O) groups is 1. The van der Waals surface area contributed by atoms with E-state index in [-0.39, 0.29) is 18.3 Å². The first kappa shape index (κ1) is 23.8. The molecule has 6 nitrogen and oxygen atoms in total. The Bertz CT molecular complexity index is 697. The van der Waals surface area contributed by atoms with Crippen LogP contribution in [0, 0.1) is 0 Å². The first-order valence-electron chi connectivity index (χ1n) is 9.90. The number of aliphatic hydroxyl groups excluding tert-OH is 1. The van der Waals surface area contributed by atoms with Gasteiger partial charge in [0.1, 0.15) is 6.79 Å². The van der Waals surface area contributed by atoms with E-state index in [1.54, 1.807) is 12.2 Å². The lowest BCUT2D eigenvalue weighted by atomic mass is 9.87. The average molecular weight is 423 g/mol. The zero-order chi connectivity index (χ0) is 21.7. The fraction of sp³-hybridized carbons (Fsp3) is 0.591. The van der Waals surface area contributed by atoms with Gasteiger partial charge >= 0.3 is 5.97 Å². The van der Waals surface area contributed by atoms with Gasteiger partial charge in [-0.1, -0.05) is 57.2 Å². The first-order chi connectivity index (χ1) is 13.5. The molecule has 7 heteroatoms. The van der Waals surface area contributed by atoms with Gasteiger partial charge < -0.3 is 23.7 Å². The third-order valence-corrected chi connectivity index (χ3v) is 10.2. The van der Waals surface area contributed by atoms with Crippen molar-refractivity contribution in [1.82, 2.24) is 0 Å². The van der Waals surface area contributed by atoms with E-state index in [1.807, 2.05) is 30.3 Å². The van der Waals surface area contributed by atoms with Crippen molar-refractivity contribution in [3.05, 3.63) is 48.0 Å². The molecule has 3 atom stereocenters. The predicted molar refractivity (Wildman–Crippen MR) is 114 cm³/mol. The lowest BCUT2D eigenvalue weighted by Crippen LogP contribution is -2.57. The Hall–Kier alpha value is -1.51. The molecule has 0 aliphatic heterocycles. The Morgan fingerprint density at radius 1 is 1.24 bits per heavy atom. The summed E-state index contributed by atoms with van der Waals surface area (Å²) in [6, 6.07) is 9.76. The maximum absolute atomic E-state index is 12.7. The maximum atomic E-state index is 12.7. The van der Waals surface area contributed by atoms with Crippen molar-refractivity contribution in [2.75, 3.05) is 13.9 Å². The van der Waals surface area contributed by atoms with Gasteiger partial charge in [-0.25, -0.2) is 4.79 Å². The van der Waals surface area contributed by atoms with Crippen LogP contribution in [0.4, 0.5) is 0 Å². The van der Waals surface area contributed by atoms with Crippen LogP contribution >= 0.6 is 0 Å². The standard InChI is InChI=1S/C22H34O6Si/c1-21(2,3)29(5,6)28-22(20(24)25-4)13-12-18(23)19(14-22)27-16-26-15-17-10-8-7-9-11-17/h7-13,18-19,23H,14-16H2,1-6H3/t18-,19-,22+/m1/s1. The molecule has 0 radical (unpaired) electrons. The van der Waals surface area contributed by atoms with Crippen LogP contribution < -0.4 is 0 Å². The van der Waals surface area contributed by atoms with Gasteiger partial charge in [-0.3, -0.25) is 0 Å². The van der Waals surface area contributed by atoms with Gasteiger partial charge in [-0.05, 0) is 29.8 Å². The lowest BCUT2D eigenvalue weighted by Gasteiger charge is -2.45. The molecule has 1 aromatic rings. The maximum Gasteiger partial charge on any atom is 0.341 e. The summed E-state index contributed by atoms with van der Waals surface area (Å²) < 4.78 is 22.9. The molecule has 0 heterocycles. The molecule has 0 saturated heterocycles. The first-order valence-corrected chi connectivity index (χ1v) is 12.8. The van der Waals surface area contributed by atoms with E-state index in [9.17, 15) is 9.90 Å². The van der Waals surface area contributed by atoms with Crippen LogP contribution in [-0.4, -0.2) is 51.1 Å². The molecular weight excluding hydrogens is 388 g/mol. The van der Waals surface area contributed by atoms with Gasteiger partial charge in [0.15, 0.2) is 13.9 Å². The van der Waals surface area contributed by atoms with Crippen LogP contribution in [0.15, 0.2) is 42.5 Å². The van der Waals surface area contributed by atoms with Crippen LogP contribution in [0.3, 0.4) is 0 Å². The number of ether oxygens (including phenoxy) is 3. The number of hydrogen-bond acceptors (Lipinski definition) is 6. The second-order valence-electron chi connectivity index (χ2n) is 8.95. The monoisotopic (exact) mass is 422 g/mol. The van der Waals surface area contributed by atoms with E-state index in [2.05, 4.69) is 33.9 Å². The number of benzene rings is 1. The summed E-state index contributed by atoms with van der Waals surface area (Å²) in [5.74, 6) is -0.482. The zero-order valence-corrected chi connectivity index (χ0v) is 19.3. The van der Waals surface area contributed by atoms with Crippen LogP contribution in [0.5, 0.6) is 0 Å². The molecule has 0 aromatic heterocycles. The Kier molecular flexibility index (Phi) is 7.81. The van der Waals surface area contributed by atoms with Crippen molar-refractivity contribution in [3.8, 4) is 0 Å². The van der Waals surface area contributed by atoms with Crippen molar-refractivity contribution >= 4 is 14.3 Å². The number of aliphatic hydroxyl groups is 1. The molecule has 162 valence electrons. The third-order valence-electron chi connectivity index (χ3n) is 5.70. The number of methoxy groups -OCH3 is 1. The summed E-state index contributed by atoms with van der Waals surface area (Å²) in [5.41, 5.74) is -0.244. The van der Waals surface area contributed by atoms with Gasteiger partial charge in [-0.2, -0.15) is 0 Å². The third kappa shape index (κ3) is 5.99. The Balaban J connectivity index is 2.07. The minimum absolute atomic E-state index is 0.00179. The summed E-state index contributed by atoms with van der Waals surface area (Å²) in [5, 5.41) is 10.3. The van der Waals surface area contributed by atoms with Crippen LogP contribution in [0.1, 0.15) is 32.8 Å². The number of esters is 1. The molecule has 1 N–H and O–H groups in total. The van der Waals surface area contributed by atoms with Crippen molar-refractivity contribution in [2.24, 2.45) is 0 Å². The molecule has 0 amide bonds. The summed E-state index contributed by atoms with van der Waals surface area (Å²) >= 11 is 0. The molecule has 29 heavy (non-hydrogen) atoms. The highest BCUT2D eigenvalue weighted by molar-refractivity contribution is 6.74. The van der Waals surface area contributed by atoms with Gasteiger partial charge in [0, 0.05) is 6.42 Å². The minimum atomic E-state index is -2.30. The SMILES string of the molecule is COC(=O)[C@]1(O[Si](C)(C)C(C)(C)C)C=C[C@@H](O)[C@H](OCOCc2ccccc2)C1. The molecule has 0 spiro atoms. The van der Waals surface area contributed by atoms with Gasteiger partial charge in [-0.15, -0.1) is 0 Å². The Morgan fingerprint density at radius 3 is 2.48 bits per heavy atom. The van der Waals surface area contributed by atoms with Crippen molar-refractivity contribution in [3.63, 3.8) is 0 Å². The van der Waals surface area contributed by atoms with Crippen LogP contribution in [0.25, 0.3) is 0 Å². The second-order valence-corrected chi connectivity index (χ2v) is 13.7. The highest BCUT2D eigenvalue weighted by Crippen LogP contribution is 2.42. The van der Waals surface area contributed by atoms with E-state index in [1.165, 1.54) is 7.11 Å². The van der Waals surface area contributed by atoms with E-state index < -0.39 is 32.1 Å². The molecule has 1 aliphatic carbocycles. The van der Waals surface area contributed by atoms with Gasteiger partial charge in [0.05, 0.1) is 25.9 Å². The average Bonchev–Trinajstić information content (AvgIpc) is 2.66. The molecule has 2 rings (SSSR count). The molecule has 0 bridgehead atoms.